The molecule has 1 aliphatic rings. The molecule has 19 heavy (non-hydrogen) atoms. The van der Waals surface area contributed by atoms with Gasteiger partial charge in [-0.3, -0.25) is 0 Å². The molecule has 0 amide bonds. The zero-order valence-electron chi connectivity index (χ0n) is 11.2. The van der Waals surface area contributed by atoms with Crippen molar-refractivity contribution in [3.8, 4) is 5.75 Å². The molecule has 1 heterocycles. The Bertz CT molecular complexity index is 536. The van der Waals surface area contributed by atoms with Gasteiger partial charge < -0.3 is 10.1 Å². The lowest BCUT2D eigenvalue weighted by molar-refractivity contribution is 0.300. The molecule has 2 aromatic rings. The molecule has 0 fully saturated rings. The Morgan fingerprint density at radius 2 is 2.32 bits per heavy atom. The van der Waals surface area contributed by atoms with Gasteiger partial charge in [-0.15, -0.1) is 0 Å². The number of rotatable bonds is 4. The summed E-state index contributed by atoms with van der Waals surface area (Å²) >= 11 is 1.72. The molecule has 1 aromatic heterocycles. The summed E-state index contributed by atoms with van der Waals surface area (Å²) in [6, 6.07) is 9.04. The van der Waals surface area contributed by atoms with E-state index in [9.17, 15) is 0 Å². The zero-order chi connectivity index (χ0) is 13.1. The summed E-state index contributed by atoms with van der Waals surface area (Å²) in [7, 11) is 2.04. The molecule has 3 heteroatoms. The summed E-state index contributed by atoms with van der Waals surface area (Å²) < 4.78 is 6.02. The van der Waals surface area contributed by atoms with E-state index in [-0.39, 0.29) is 0 Å². The van der Waals surface area contributed by atoms with Crippen LogP contribution in [0.1, 0.15) is 35.6 Å². The molecule has 100 valence electrons. The lowest BCUT2D eigenvalue weighted by Gasteiger charge is -2.26. The predicted octanol–water partition coefficient (Wildman–Crippen LogP) is 3.92. The number of thiophene rings is 1. The Hall–Kier alpha value is -1.32. The third kappa shape index (κ3) is 2.67. The summed E-state index contributed by atoms with van der Waals surface area (Å²) in [4.78, 5) is 0. The highest BCUT2D eigenvalue weighted by Gasteiger charge is 2.21. The highest BCUT2D eigenvalue weighted by molar-refractivity contribution is 7.07. The maximum Gasteiger partial charge on any atom is 0.123 e. The number of fused-ring (bicyclic) bond motifs is 1. The van der Waals surface area contributed by atoms with Crippen molar-refractivity contribution in [2.24, 2.45) is 0 Å². The van der Waals surface area contributed by atoms with E-state index in [0.717, 1.165) is 12.2 Å². The molecular weight excluding hydrogens is 254 g/mol. The topological polar surface area (TPSA) is 21.3 Å². The highest BCUT2D eigenvalue weighted by Crippen LogP contribution is 2.35. The molecule has 1 aliphatic carbocycles. The van der Waals surface area contributed by atoms with Crippen molar-refractivity contribution in [1.82, 2.24) is 5.32 Å². The Balaban J connectivity index is 1.82. The first-order chi connectivity index (χ1) is 9.38. The lowest BCUT2D eigenvalue weighted by atomic mass is 9.87. The van der Waals surface area contributed by atoms with Gasteiger partial charge in [0.15, 0.2) is 0 Å². The van der Waals surface area contributed by atoms with Gasteiger partial charge >= 0.3 is 0 Å². The van der Waals surface area contributed by atoms with E-state index < -0.39 is 0 Å². The molecular formula is C16H19NOS. The molecule has 0 spiro atoms. The largest absolute Gasteiger partial charge is 0.489 e. The highest BCUT2D eigenvalue weighted by atomic mass is 32.1. The van der Waals surface area contributed by atoms with Crippen LogP contribution in [0.15, 0.2) is 35.0 Å². The van der Waals surface area contributed by atoms with Crippen LogP contribution in [0.2, 0.25) is 0 Å². The molecule has 1 N–H and O–H groups in total. The smallest absolute Gasteiger partial charge is 0.123 e. The lowest BCUT2D eigenvalue weighted by Crippen LogP contribution is -2.21. The van der Waals surface area contributed by atoms with Crippen molar-refractivity contribution in [1.29, 1.82) is 0 Å². The average Bonchev–Trinajstić information content (AvgIpc) is 2.97. The Morgan fingerprint density at radius 1 is 1.37 bits per heavy atom. The normalized spacial score (nSPS) is 18.1. The number of hydrogen-bond donors (Lipinski definition) is 1. The number of hydrogen-bond acceptors (Lipinski definition) is 3. The van der Waals surface area contributed by atoms with Gasteiger partial charge in [0.05, 0.1) is 0 Å². The van der Waals surface area contributed by atoms with Crippen LogP contribution in [0.25, 0.3) is 0 Å². The third-order valence-electron chi connectivity index (χ3n) is 3.79. The van der Waals surface area contributed by atoms with Crippen LogP contribution < -0.4 is 10.1 Å². The first-order valence-electron chi connectivity index (χ1n) is 6.81. The molecule has 1 atom stereocenters. The van der Waals surface area contributed by atoms with E-state index >= 15 is 0 Å². The minimum atomic E-state index is 0.480. The zero-order valence-corrected chi connectivity index (χ0v) is 12.0. The minimum absolute atomic E-state index is 0.480. The molecule has 0 aliphatic heterocycles. The van der Waals surface area contributed by atoms with Crippen LogP contribution in [-0.4, -0.2) is 7.05 Å². The molecule has 2 nitrogen and oxygen atoms in total. The minimum Gasteiger partial charge on any atom is -0.489 e. The van der Waals surface area contributed by atoms with Crippen LogP contribution in [0, 0.1) is 0 Å². The molecule has 0 radical (unpaired) electrons. The first-order valence-corrected chi connectivity index (χ1v) is 7.75. The van der Waals surface area contributed by atoms with Crippen molar-refractivity contribution in [2.75, 3.05) is 7.05 Å². The number of ether oxygens (including phenoxy) is 1. The fraction of sp³-hybridized carbons (Fsp3) is 0.375. The monoisotopic (exact) mass is 273 g/mol. The van der Waals surface area contributed by atoms with E-state index in [1.165, 1.54) is 29.5 Å². The molecule has 0 saturated carbocycles. The van der Waals surface area contributed by atoms with E-state index in [2.05, 4.69) is 40.3 Å². The average molecular weight is 273 g/mol. The van der Waals surface area contributed by atoms with Crippen LogP contribution in [0.4, 0.5) is 0 Å². The molecule has 1 aromatic carbocycles. The van der Waals surface area contributed by atoms with Crippen LogP contribution in [0.5, 0.6) is 5.75 Å². The standard InChI is InChI=1S/C16H19NOS/c1-17-15-6-2-5-14-13(15)4-3-7-16(14)18-10-12-8-9-19-11-12/h3-4,7-9,11,15,17H,2,5-6,10H2,1H3. The van der Waals surface area contributed by atoms with Crippen molar-refractivity contribution < 1.29 is 4.74 Å². The van der Waals surface area contributed by atoms with Gasteiger partial charge in [0.25, 0.3) is 0 Å². The van der Waals surface area contributed by atoms with Gasteiger partial charge in [0, 0.05) is 6.04 Å². The maximum atomic E-state index is 6.02. The van der Waals surface area contributed by atoms with Gasteiger partial charge in [-0.25, -0.2) is 0 Å². The Kier molecular flexibility index (Phi) is 3.85. The first kappa shape index (κ1) is 12.7. The molecule has 1 unspecified atom stereocenters. The maximum absolute atomic E-state index is 6.02. The third-order valence-corrected chi connectivity index (χ3v) is 4.52. The van der Waals surface area contributed by atoms with Gasteiger partial charge in [-0.2, -0.15) is 11.3 Å². The van der Waals surface area contributed by atoms with E-state index in [0.29, 0.717) is 12.6 Å². The molecule has 3 rings (SSSR count). The van der Waals surface area contributed by atoms with Gasteiger partial charge in [-0.1, -0.05) is 12.1 Å². The summed E-state index contributed by atoms with van der Waals surface area (Å²) in [5.41, 5.74) is 4.06. The summed E-state index contributed by atoms with van der Waals surface area (Å²) in [5, 5.41) is 7.64. The van der Waals surface area contributed by atoms with Crippen molar-refractivity contribution in [3.63, 3.8) is 0 Å². The van der Waals surface area contributed by atoms with Crippen LogP contribution in [-0.2, 0) is 13.0 Å². The summed E-state index contributed by atoms with van der Waals surface area (Å²) in [5.74, 6) is 1.06. The van der Waals surface area contributed by atoms with Crippen LogP contribution >= 0.6 is 11.3 Å². The van der Waals surface area contributed by atoms with Crippen molar-refractivity contribution in [3.05, 3.63) is 51.7 Å². The van der Waals surface area contributed by atoms with E-state index in [1.807, 2.05) is 7.05 Å². The quantitative estimate of drug-likeness (QED) is 0.911. The van der Waals surface area contributed by atoms with Crippen molar-refractivity contribution in [2.45, 2.75) is 31.9 Å². The van der Waals surface area contributed by atoms with Crippen LogP contribution in [0.3, 0.4) is 0 Å². The second-order valence-electron chi connectivity index (χ2n) is 4.98. The second-order valence-corrected chi connectivity index (χ2v) is 5.76. The summed E-state index contributed by atoms with van der Waals surface area (Å²) in [6.07, 6.45) is 3.59. The van der Waals surface area contributed by atoms with Gasteiger partial charge in [-0.05, 0) is 65.9 Å². The SMILES string of the molecule is CNC1CCCc2c(OCc3ccsc3)cccc21. The van der Waals surface area contributed by atoms with Crippen molar-refractivity contribution >= 4 is 11.3 Å². The number of nitrogens with one attached hydrogen (secondary N) is 1. The van der Waals surface area contributed by atoms with E-state index in [4.69, 9.17) is 4.74 Å². The fourth-order valence-corrected chi connectivity index (χ4v) is 3.44. The molecule has 0 bridgehead atoms. The Morgan fingerprint density at radius 3 is 3.11 bits per heavy atom. The summed E-state index contributed by atoms with van der Waals surface area (Å²) in [6.45, 7) is 0.671. The van der Waals surface area contributed by atoms with E-state index in [1.54, 1.807) is 11.3 Å². The predicted molar refractivity (Wildman–Crippen MR) is 79.8 cm³/mol. The fourth-order valence-electron chi connectivity index (χ4n) is 2.79. The van der Waals surface area contributed by atoms with Gasteiger partial charge in [0.2, 0.25) is 0 Å². The molecule has 0 saturated heterocycles. The number of benzene rings is 1. The second kappa shape index (κ2) is 5.76. The van der Waals surface area contributed by atoms with Gasteiger partial charge in [0.1, 0.15) is 12.4 Å². The Labute approximate surface area is 118 Å².